The number of aromatic amines is 1. The summed E-state index contributed by atoms with van der Waals surface area (Å²) in [6, 6.07) is 7.29. The normalized spacial score (nSPS) is 21.4. The van der Waals surface area contributed by atoms with E-state index in [-0.39, 0.29) is 29.8 Å². The molecule has 2 atom stereocenters. The molecule has 8 nitrogen and oxygen atoms in total. The number of hydrogen-bond donors (Lipinski definition) is 1. The standard InChI is InChI=1S/C21H26N4O4/c1-3-13(2)17-12-29-21(28)25(17)14-8-10-24(11-9-14)20(27)18-19(26)23-16-7-5-4-6-15(16)22-18/h4-7,13-14,17H,3,8-12H2,1-2H3,(H,23,26)/t13-,17-/m0/s1. The van der Waals surface area contributed by atoms with E-state index in [2.05, 4.69) is 23.8 Å². The number of carbonyl (C=O) groups is 2. The Hall–Kier alpha value is -2.90. The Balaban J connectivity index is 1.47. The number of amides is 2. The number of rotatable bonds is 4. The predicted octanol–water partition coefficient (Wildman–Crippen LogP) is 2.39. The van der Waals surface area contributed by atoms with E-state index in [4.69, 9.17) is 4.74 Å². The van der Waals surface area contributed by atoms with Crippen LogP contribution >= 0.6 is 0 Å². The third-order valence-corrected chi connectivity index (χ3v) is 6.19. The van der Waals surface area contributed by atoms with Crippen LogP contribution in [0.2, 0.25) is 0 Å². The first-order chi connectivity index (χ1) is 14.0. The topological polar surface area (TPSA) is 95.6 Å². The molecule has 2 aliphatic heterocycles. The summed E-state index contributed by atoms with van der Waals surface area (Å²) < 4.78 is 5.31. The third kappa shape index (κ3) is 3.59. The molecule has 2 fully saturated rings. The Morgan fingerprint density at radius 3 is 2.72 bits per heavy atom. The maximum Gasteiger partial charge on any atom is 0.410 e. The lowest BCUT2D eigenvalue weighted by Gasteiger charge is -2.39. The molecule has 1 N–H and O–H groups in total. The summed E-state index contributed by atoms with van der Waals surface area (Å²) in [5.74, 6) is -0.000558. The van der Waals surface area contributed by atoms with Gasteiger partial charge in [0.1, 0.15) is 6.61 Å². The van der Waals surface area contributed by atoms with Gasteiger partial charge in [0, 0.05) is 19.1 Å². The van der Waals surface area contributed by atoms with Crippen molar-refractivity contribution in [2.45, 2.75) is 45.2 Å². The molecule has 154 valence electrons. The van der Waals surface area contributed by atoms with Gasteiger partial charge in [-0.05, 0) is 30.9 Å². The van der Waals surface area contributed by atoms with Gasteiger partial charge in [-0.25, -0.2) is 9.78 Å². The number of nitrogens with one attached hydrogen (secondary N) is 1. The van der Waals surface area contributed by atoms with Crippen LogP contribution in [0.5, 0.6) is 0 Å². The van der Waals surface area contributed by atoms with Crippen LogP contribution in [0.3, 0.4) is 0 Å². The molecule has 0 saturated carbocycles. The van der Waals surface area contributed by atoms with Crippen LogP contribution in [0.15, 0.2) is 29.1 Å². The van der Waals surface area contributed by atoms with E-state index < -0.39 is 5.56 Å². The highest BCUT2D eigenvalue weighted by Gasteiger charge is 2.41. The Kier molecular flexibility index (Phi) is 5.25. The molecule has 0 bridgehead atoms. The number of aromatic nitrogens is 2. The molecule has 0 unspecified atom stereocenters. The molecule has 29 heavy (non-hydrogen) atoms. The SMILES string of the molecule is CC[C@H](C)[C@@H]1COC(=O)N1C1CCN(C(=O)c2nc3ccccc3[nH]c2=O)CC1. The van der Waals surface area contributed by atoms with Gasteiger partial charge in [0.05, 0.1) is 17.1 Å². The summed E-state index contributed by atoms with van der Waals surface area (Å²) in [7, 11) is 0. The number of nitrogens with zero attached hydrogens (tertiary/aromatic N) is 3. The lowest BCUT2D eigenvalue weighted by molar-refractivity contribution is 0.0608. The molecule has 3 heterocycles. The molecule has 0 spiro atoms. The summed E-state index contributed by atoms with van der Waals surface area (Å²) in [5, 5.41) is 0. The first-order valence-electron chi connectivity index (χ1n) is 10.2. The molecule has 2 saturated heterocycles. The number of likely N-dealkylation sites (tertiary alicyclic amines) is 1. The summed E-state index contributed by atoms with van der Waals surface area (Å²) in [6.07, 6.45) is 2.05. The van der Waals surface area contributed by atoms with Crippen molar-refractivity contribution in [2.75, 3.05) is 19.7 Å². The molecular formula is C21H26N4O4. The third-order valence-electron chi connectivity index (χ3n) is 6.19. The minimum Gasteiger partial charge on any atom is -0.447 e. The number of para-hydroxylation sites is 2. The lowest BCUT2D eigenvalue weighted by Crippen LogP contribution is -2.51. The van der Waals surface area contributed by atoms with E-state index in [9.17, 15) is 14.4 Å². The molecule has 1 aromatic carbocycles. The smallest absolute Gasteiger partial charge is 0.410 e. The second kappa shape index (κ2) is 7.85. The number of H-pyrrole nitrogens is 1. The van der Waals surface area contributed by atoms with Crippen molar-refractivity contribution >= 4 is 23.0 Å². The zero-order valence-corrected chi connectivity index (χ0v) is 16.8. The zero-order chi connectivity index (χ0) is 20.5. The van der Waals surface area contributed by atoms with E-state index in [0.29, 0.717) is 49.5 Å². The van der Waals surface area contributed by atoms with Crippen molar-refractivity contribution in [3.05, 3.63) is 40.3 Å². The molecule has 0 radical (unpaired) electrons. The number of cyclic esters (lactones) is 1. The van der Waals surface area contributed by atoms with Crippen LogP contribution in [0.1, 0.15) is 43.6 Å². The van der Waals surface area contributed by atoms with Gasteiger partial charge in [-0.3, -0.25) is 14.5 Å². The molecule has 1 aromatic heterocycles. The summed E-state index contributed by atoms with van der Waals surface area (Å²) >= 11 is 0. The number of benzene rings is 1. The number of piperidine rings is 1. The van der Waals surface area contributed by atoms with E-state index in [1.807, 2.05) is 17.0 Å². The summed E-state index contributed by atoms with van der Waals surface area (Å²) in [4.78, 5) is 48.1. The van der Waals surface area contributed by atoms with Gasteiger partial charge < -0.3 is 14.6 Å². The van der Waals surface area contributed by atoms with Crippen LogP contribution in [-0.4, -0.2) is 63.5 Å². The fourth-order valence-corrected chi connectivity index (χ4v) is 4.25. The molecule has 2 aromatic rings. The number of carbonyl (C=O) groups excluding carboxylic acids is 2. The molecule has 2 amide bonds. The predicted molar refractivity (Wildman–Crippen MR) is 108 cm³/mol. The monoisotopic (exact) mass is 398 g/mol. The quantitative estimate of drug-likeness (QED) is 0.853. The largest absolute Gasteiger partial charge is 0.447 e. The first-order valence-corrected chi connectivity index (χ1v) is 10.2. The number of ether oxygens (including phenoxy) is 1. The van der Waals surface area contributed by atoms with Crippen molar-refractivity contribution < 1.29 is 14.3 Å². The second-order valence-corrected chi connectivity index (χ2v) is 7.89. The molecule has 8 heteroatoms. The van der Waals surface area contributed by atoms with Crippen LogP contribution < -0.4 is 5.56 Å². The fourth-order valence-electron chi connectivity index (χ4n) is 4.25. The maximum atomic E-state index is 12.9. The van der Waals surface area contributed by atoms with Crippen LogP contribution in [-0.2, 0) is 4.74 Å². The molecule has 0 aliphatic carbocycles. The second-order valence-electron chi connectivity index (χ2n) is 7.89. The van der Waals surface area contributed by atoms with Crippen molar-refractivity contribution in [1.29, 1.82) is 0 Å². The van der Waals surface area contributed by atoms with Gasteiger partial charge in [0.25, 0.3) is 11.5 Å². The number of hydrogen-bond acceptors (Lipinski definition) is 5. The van der Waals surface area contributed by atoms with Gasteiger partial charge in [-0.15, -0.1) is 0 Å². The van der Waals surface area contributed by atoms with E-state index in [1.54, 1.807) is 17.0 Å². The van der Waals surface area contributed by atoms with Crippen molar-refractivity contribution in [2.24, 2.45) is 5.92 Å². The van der Waals surface area contributed by atoms with Crippen molar-refractivity contribution in [3.8, 4) is 0 Å². The average Bonchev–Trinajstić information content (AvgIpc) is 3.13. The van der Waals surface area contributed by atoms with Gasteiger partial charge in [0.15, 0.2) is 5.69 Å². The van der Waals surface area contributed by atoms with Gasteiger partial charge >= 0.3 is 6.09 Å². The van der Waals surface area contributed by atoms with Crippen molar-refractivity contribution in [3.63, 3.8) is 0 Å². The zero-order valence-electron chi connectivity index (χ0n) is 16.8. The summed E-state index contributed by atoms with van der Waals surface area (Å²) in [5.41, 5.74) is 0.633. The lowest BCUT2D eigenvalue weighted by atomic mass is 9.95. The highest BCUT2D eigenvalue weighted by atomic mass is 16.6. The Morgan fingerprint density at radius 1 is 1.28 bits per heavy atom. The van der Waals surface area contributed by atoms with Crippen LogP contribution in [0, 0.1) is 5.92 Å². The molecule has 4 rings (SSSR count). The highest BCUT2D eigenvalue weighted by Crippen LogP contribution is 2.29. The average molecular weight is 398 g/mol. The number of fused-ring (bicyclic) bond motifs is 1. The maximum absolute atomic E-state index is 12.9. The van der Waals surface area contributed by atoms with Gasteiger partial charge in [-0.2, -0.15) is 0 Å². The van der Waals surface area contributed by atoms with Crippen LogP contribution in [0.4, 0.5) is 4.79 Å². The van der Waals surface area contributed by atoms with Gasteiger partial charge in [0.2, 0.25) is 0 Å². The molecular weight excluding hydrogens is 372 g/mol. The highest BCUT2D eigenvalue weighted by molar-refractivity contribution is 5.93. The van der Waals surface area contributed by atoms with Gasteiger partial charge in [-0.1, -0.05) is 32.4 Å². The van der Waals surface area contributed by atoms with Crippen LogP contribution in [0.25, 0.3) is 11.0 Å². The van der Waals surface area contributed by atoms with E-state index in [0.717, 1.165) is 6.42 Å². The van der Waals surface area contributed by atoms with E-state index in [1.165, 1.54) is 0 Å². The fraction of sp³-hybridized carbons (Fsp3) is 0.524. The Morgan fingerprint density at radius 2 is 2.00 bits per heavy atom. The minimum atomic E-state index is -0.476. The first kappa shape index (κ1) is 19.4. The molecule has 2 aliphatic rings. The Bertz CT molecular complexity index is 980. The minimum absolute atomic E-state index is 0.0518. The van der Waals surface area contributed by atoms with Crippen molar-refractivity contribution in [1.82, 2.24) is 19.8 Å². The Labute approximate surface area is 168 Å². The van der Waals surface area contributed by atoms with E-state index >= 15 is 0 Å². The summed E-state index contributed by atoms with van der Waals surface area (Å²) in [6.45, 7) is 5.64.